The summed E-state index contributed by atoms with van der Waals surface area (Å²) in [6, 6.07) is 4.97. The van der Waals surface area contributed by atoms with Crippen molar-refractivity contribution in [2.75, 3.05) is 6.54 Å². The van der Waals surface area contributed by atoms with Gasteiger partial charge in [0.15, 0.2) is 0 Å². The molecule has 0 saturated heterocycles. The Morgan fingerprint density at radius 2 is 2.21 bits per heavy atom. The van der Waals surface area contributed by atoms with E-state index in [-0.39, 0.29) is 10.9 Å². The monoisotopic (exact) mass is 298 g/mol. The number of aromatic amines is 1. The first-order valence-corrected chi connectivity index (χ1v) is 6.50. The minimum Gasteiger partial charge on any atom is -0.352 e. The van der Waals surface area contributed by atoms with Crippen molar-refractivity contribution in [2.45, 2.75) is 12.8 Å². The van der Waals surface area contributed by atoms with Crippen molar-refractivity contribution >= 4 is 29.1 Å². The predicted octanol–water partition coefficient (Wildman–Crippen LogP) is 2.47. The molecular formula is C12H12Cl2N4O. The van der Waals surface area contributed by atoms with Gasteiger partial charge in [0.1, 0.15) is 12.2 Å². The van der Waals surface area contributed by atoms with Gasteiger partial charge in [-0.1, -0.05) is 29.3 Å². The van der Waals surface area contributed by atoms with Crippen molar-refractivity contribution in [3.8, 4) is 0 Å². The smallest absolute Gasteiger partial charge is 0.252 e. The van der Waals surface area contributed by atoms with Crippen LogP contribution in [0.2, 0.25) is 10.0 Å². The van der Waals surface area contributed by atoms with E-state index in [0.717, 1.165) is 18.7 Å². The van der Waals surface area contributed by atoms with Crippen molar-refractivity contribution in [3.63, 3.8) is 0 Å². The van der Waals surface area contributed by atoms with Gasteiger partial charge in [0.2, 0.25) is 0 Å². The second-order valence-corrected chi connectivity index (χ2v) is 4.68. The molecular weight excluding hydrogens is 287 g/mol. The van der Waals surface area contributed by atoms with Crippen molar-refractivity contribution in [3.05, 3.63) is 46.0 Å². The lowest BCUT2D eigenvalue weighted by Gasteiger charge is -2.07. The molecule has 0 aliphatic carbocycles. The predicted molar refractivity (Wildman–Crippen MR) is 73.5 cm³/mol. The summed E-state index contributed by atoms with van der Waals surface area (Å²) in [5.74, 6) is 0.570. The van der Waals surface area contributed by atoms with E-state index >= 15 is 0 Å². The number of benzene rings is 1. The van der Waals surface area contributed by atoms with Crippen LogP contribution in [0.4, 0.5) is 0 Å². The van der Waals surface area contributed by atoms with E-state index in [1.807, 2.05) is 0 Å². The number of H-pyrrole nitrogens is 1. The maximum atomic E-state index is 11.9. The van der Waals surface area contributed by atoms with Gasteiger partial charge in [-0.25, -0.2) is 4.98 Å². The lowest BCUT2D eigenvalue weighted by Crippen LogP contribution is -2.25. The highest BCUT2D eigenvalue weighted by Gasteiger charge is 2.11. The van der Waals surface area contributed by atoms with Gasteiger partial charge in [-0.3, -0.25) is 9.89 Å². The summed E-state index contributed by atoms with van der Waals surface area (Å²) < 4.78 is 0. The molecule has 2 N–H and O–H groups in total. The Morgan fingerprint density at radius 1 is 1.37 bits per heavy atom. The summed E-state index contributed by atoms with van der Waals surface area (Å²) in [6.07, 6.45) is 2.95. The van der Waals surface area contributed by atoms with Crippen LogP contribution in [0.15, 0.2) is 24.5 Å². The quantitative estimate of drug-likeness (QED) is 0.833. The first kappa shape index (κ1) is 13.8. The molecule has 0 unspecified atom stereocenters. The van der Waals surface area contributed by atoms with Gasteiger partial charge in [-0.2, -0.15) is 5.10 Å². The molecule has 1 amide bonds. The normalized spacial score (nSPS) is 10.4. The van der Waals surface area contributed by atoms with Gasteiger partial charge >= 0.3 is 0 Å². The molecule has 100 valence electrons. The summed E-state index contributed by atoms with van der Waals surface area (Å²) >= 11 is 11.8. The standard InChI is InChI=1S/C12H12Cl2N4O/c13-9-4-1-3-8(11(9)14)12(19)15-6-2-5-10-16-7-17-18-10/h1,3-4,7H,2,5-6H2,(H,15,19)(H,16,17,18). The van der Waals surface area contributed by atoms with Gasteiger partial charge in [-0.15, -0.1) is 0 Å². The van der Waals surface area contributed by atoms with Crippen molar-refractivity contribution in [2.24, 2.45) is 0 Å². The topological polar surface area (TPSA) is 70.7 Å². The fourth-order valence-corrected chi connectivity index (χ4v) is 1.97. The lowest BCUT2D eigenvalue weighted by atomic mass is 10.2. The average molecular weight is 299 g/mol. The van der Waals surface area contributed by atoms with Crippen LogP contribution in [0.25, 0.3) is 0 Å². The lowest BCUT2D eigenvalue weighted by molar-refractivity contribution is 0.0953. The number of hydrogen-bond acceptors (Lipinski definition) is 3. The van der Waals surface area contributed by atoms with E-state index < -0.39 is 0 Å². The van der Waals surface area contributed by atoms with Crippen LogP contribution in [-0.4, -0.2) is 27.6 Å². The summed E-state index contributed by atoms with van der Waals surface area (Å²) in [4.78, 5) is 15.9. The number of carbonyl (C=O) groups excluding carboxylic acids is 1. The van der Waals surface area contributed by atoms with Crippen LogP contribution in [0, 0.1) is 0 Å². The maximum absolute atomic E-state index is 11.9. The molecule has 2 rings (SSSR count). The third-order valence-corrected chi connectivity index (χ3v) is 3.36. The van der Waals surface area contributed by atoms with Crippen molar-refractivity contribution < 1.29 is 4.79 Å². The number of amides is 1. The van der Waals surface area contributed by atoms with Crippen LogP contribution >= 0.6 is 23.2 Å². The SMILES string of the molecule is O=C(NCCCc1ncn[nH]1)c1cccc(Cl)c1Cl. The Kier molecular flexibility index (Phi) is 4.76. The zero-order valence-corrected chi connectivity index (χ0v) is 11.5. The molecule has 1 aromatic carbocycles. The molecule has 7 heteroatoms. The fraction of sp³-hybridized carbons (Fsp3) is 0.250. The fourth-order valence-electron chi connectivity index (χ4n) is 1.58. The number of hydrogen-bond donors (Lipinski definition) is 2. The van der Waals surface area contributed by atoms with E-state index in [0.29, 0.717) is 17.1 Å². The molecule has 5 nitrogen and oxygen atoms in total. The van der Waals surface area contributed by atoms with Crippen LogP contribution < -0.4 is 5.32 Å². The minimum absolute atomic E-state index is 0.231. The van der Waals surface area contributed by atoms with E-state index in [1.165, 1.54) is 6.33 Å². The Morgan fingerprint density at radius 3 is 2.95 bits per heavy atom. The van der Waals surface area contributed by atoms with E-state index in [9.17, 15) is 4.79 Å². The van der Waals surface area contributed by atoms with Crippen LogP contribution in [-0.2, 0) is 6.42 Å². The number of carbonyl (C=O) groups is 1. The molecule has 0 spiro atoms. The third kappa shape index (κ3) is 3.68. The Hall–Kier alpha value is -1.59. The zero-order valence-electron chi connectivity index (χ0n) is 9.99. The first-order chi connectivity index (χ1) is 9.18. The van der Waals surface area contributed by atoms with Gasteiger partial charge < -0.3 is 5.32 Å². The highest BCUT2D eigenvalue weighted by molar-refractivity contribution is 6.43. The zero-order chi connectivity index (χ0) is 13.7. The summed E-state index contributed by atoms with van der Waals surface area (Å²) in [5, 5.41) is 9.94. The number of halogens is 2. The Labute approximate surface area is 120 Å². The molecule has 2 aromatic rings. The highest BCUT2D eigenvalue weighted by atomic mass is 35.5. The maximum Gasteiger partial charge on any atom is 0.252 e. The van der Waals surface area contributed by atoms with Gasteiger partial charge in [-0.05, 0) is 18.6 Å². The highest BCUT2D eigenvalue weighted by Crippen LogP contribution is 2.25. The largest absolute Gasteiger partial charge is 0.352 e. The Bertz CT molecular complexity index is 557. The molecule has 0 aliphatic rings. The van der Waals surface area contributed by atoms with Crippen molar-refractivity contribution in [1.82, 2.24) is 20.5 Å². The summed E-state index contributed by atoms with van der Waals surface area (Å²) in [5.41, 5.74) is 0.383. The molecule has 0 aliphatic heterocycles. The molecule has 0 bridgehead atoms. The molecule has 1 aromatic heterocycles. The van der Waals surface area contributed by atoms with E-state index in [4.69, 9.17) is 23.2 Å². The molecule has 0 radical (unpaired) electrons. The summed E-state index contributed by atoms with van der Waals surface area (Å²) in [6.45, 7) is 0.530. The second kappa shape index (κ2) is 6.54. The van der Waals surface area contributed by atoms with Gasteiger partial charge in [0.05, 0.1) is 15.6 Å². The number of aromatic nitrogens is 3. The van der Waals surface area contributed by atoms with E-state index in [2.05, 4.69) is 20.5 Å². The molecule has 0 fully saturated rings. The van der Waals surface area contributed by atoms with Crippen LogP contribution in [0.1, 0.15) is 22.6 Å². The second-order valence-electron chi connectivity index (χ2n) is 3.89. The number of nitrogens with zero attached hydrogens (tertiary/aromatic N) is 2. The minimum atomic E-state index is -0.231. The van der Waals surface area contributed by atoms with Gasteiger partial charge in [0, 0.05) is 13.0 Å². The van der Waals surface area contributed by atoms with Crippen LogP contribution in [0.3, 0.4) is 0 Å². The molecule has 1 heterocycles. The number of nitrogens with one attached hydrogen (secondary N) is 2. The molecule has 0 atom stereocenters. The van der Waals surface area contributed by atoms with E-state index in [1.54, 1.807) is 18.2 Å². The van der Waals surface area contributed by atoms with Gasteiger partial charge in [0.25, 0.3) is 5.91 Å². The van der Waals surface area contributed by atoms with Crippen LogP contribution in [0.5, 0.6) is 0 Å². The summed E-state index contributed by atoms with van der Waals surface area (Å²) in [7, 11) is 0. The van der Waals surface area contributed by atoms with Crippen molar-refractivity contribution in [1.29, 1.82) is 0 Å². The Balaban J connectivity index is 1.83. The number of rotatable bonds is 5. The third-order valence-electron chi connectivity index (χ3n) is 2.54. The number of aryl methyl sites for hydroxylation is 1. The first-order valence-electron chi connectivity index (χ1n) is 5.75. The average Bonchev–Trinajstić information content (AvgIpc) is 2.91. The molecule has 19 heavy (non-hydrogen) atoms. The molecule has 0 saturated carbocycles.